The Morgan fingerprint density at radius 2 is 1.70 bits per heavy atom. The molecule has 1 aliphatic heterocycles. The number of nitrogens with one attached hydrogen (secondary N) is 1. The molecule has 1 N–H and O–H groups in total. The minimum Gasteiger partial charge on any atom is -0.322 e. The minimum absolute atomic E-state index is 0.0942. The molecule has 0 saturated carbocycles. The molecule has 0 aromatic heterocycles. The van der Waals surface area contributed by atoms with E-state index in [9.17, 15) is 27.2 Å². The zero-order chi connectivity index (χ0) is 23.8. The second kappa shape index (κ2) is 8.90. The van der Waals surface area contributed by atoms with Gasteiger partial charge in [-0.1, -0.05) is 18.2 Å². The molecule has 1 saturated heterocycles. The predicted octanol–water partition coefficient (Wildman–Crippen LogP) is 6.18. The first-order chi connectivity index (χ1) is 15.6. The quantitative estimate of drug-likeness (QED) is 0.459. The molecule has 0 bridgehead atoms. The second-order valence-electron chi connectivity index (χ2n) is 7.46. The number of anilines is 2. The van der Waals surface area contributed by atoms with Gasteiger partial charge < -0.3 is 5.32 Å². The van der Waals surface area contributed by atoms with E-state index < -0.39 is 23.5 Å². The molecule has 4 rings (SSSR count). The fraction of sp³-hybridized carbons (Fsp3) is 0.167. The molecule has 1 heterocycles. The normalized spacial score (nSPS) is 16.2. The van der Waals surface area contributed by atoms with E-state index in [1.807, 2.05) is 0 Å². The van der Waals surface area contributed by atoms with Crippen molar-refractivity contribution in [1.82, 2.24) is 0 Å². The number of alkyl halides is 3. The van der Waals surface area contributed by atoms with Crippen LogP contribution in [0.4, 0.5) is 28.9 Å². The lowest BCUT2D eigenvalue weighted by Crippen LogP contribution is -2.28. The lowest BCUT2D eigenvalue weighted by atomic mass is 10.1. The Morgan fingerprint density at radius 1 is 1.03 bits per heavy atom. The van der Waals surface area contributed by atoms with Crippen LogP contribution in [0.25, 0.3) is 0 Å². The van der Waals surface area contributed by atoms with Crippen LogP contribution in [-0.2, 0) is 11.0 Å². The van der Waals surface area contributed by atoms with Gasteiger partial charge in [-0.2, -0.15) is 13.2 Å². The fourth-order valence-electron chi connectivity index (χ4n) is 3.53. The molecule has 0 spiro atoms. The Kier molecular flexibility index (Phi) is 6.16. The average molecular weight is 474 g/mol. The number of hydrogen-bond donors (Lipinski definition) is 1. The number of thioether (sulfide) groups is 1. The molecule has 1 aliphatic rings. The van der Waals surface area contributed by atoms with Crippen molar-refractivity contribution in [3.05, 3.63) is 94.8 Å². The van der Waals surface area contributed by atoms with Gasteiger partial charge in [0.25, 0.3) is 5.91 Å². The first-order valence-corrected chi connectivity index (χ1v) is 11.0. The molecule has 33 heavy (non-hydrogen) atoms. The van der Waals surface area contributed by atoms with E-state index in [1.54, 1.807) is 48.2 Å². The molecule has 0 radical (unpaired) electrons. The molecule has 0 unspecified atom stereocenters. The summed E-state index contributed by atoms with van der Waals surface area (Å²) in [5.74, 6) is -0.804. The van der Waals surface area contributed by atoms with Crippen LogP contribution in [0.1, 0.15) is 32.4 Å². The maximum Gasteiger partial charge on any atom is 0.416 e. The molecule has 3 aromatic rings. The predicted molar refractivity (Wildman–Crippen MR) is 120 cm³/mol. The summed E-state index contributed by atoms with van der Waals surface area (Å²) in [6, 6.07) is 15.4. The Labute approximate surface area is 191 Å². The molecule has 1 atom stereocenters. The minimum atomic E-state index is -4.47. The van der Waals surface area contributed by atoms with Crippen molar-refractivity contribution >= 4 is 35.0 Å². The molecule has 4 nitrogen and oxygen atoms in total. The van der Waals surface area contributed by atoms with Crippen molar-refractivity contribution < 1.29 is 27.2 Å². The van der Waals surface area contributed by atoms with Gasteiger partial charge in [-0.25, -0.2) is 4.39 Å². The number of hydrogen-bond acceptors (Lipinski definition) is 3. The summed E-state index contributed by atoms with van der Waals surface area (Å²) in [7, 11) is 0. The molecule has 9 heteroatoms. The zero-order valence-electron chi connectivity index (χ0n) is 17.3. The Hall–Kier alpha value is -3.33. The van der Waals surface area contributed by atoms with Gasteiger partial charge in [-0.15, -0.1) is 11.8 Å². The fourth-order valence-corrected chi connectivity index (χ4v) is 4.70. The van der Waals surface area contributed by atoms with Gasteiger partial charge in [0.2, 0.25) is 5.91 Å². The van der Waals surface area contributed by atoms with Crippen molar-refractivity contribution in [3.8, 4) is 0 Å². The van der Waals surface area contributed by atoms with Crippen LogP contribution in [0, 0.1) is 12.7 Å². The summed E-state index contributed by atoms with van der Waals surface area (Å²) < 4.78 is 52.1. The summed E-state index contributed by atoms with van der Waals surface area (Å²) in [5.41, 5.74) is 1.41. The van der Waals surface area contributed by atoms with Crippen molar-refractivity contribution in [2.24, 2.45) is 0 Å². The summed E-state index contributed by atoms with van der Waals surface area (Å²) in [4.78, 5) is 26.5. The van der Waals surface area contributed by atoms with E-state index in [4.69, 9.17) is 0 Å². The van der Waals surface area contributed by atoms with E-state index in [0.717, 1.165) is 29.8 Å². The second-order valence-corrected chi connectivity index (χ2v) is 8.53. The highest BCUT2D eigenvalue weighted by Crippen LogP contribution is 2.43. The van der Waals surface area contributed by atoms with Gasteiger partial charge in [0.1, 0.15) is 11.2 Å². The van der Waals surface area contributed by atoms with Crippen molar-refractivity contribution in [1.29, 1.82) is 0 Å². The van der Waals surface area contributed by atoms with E-state index in [-0.39, 0.29) is 22.6 Å². The SMILES string of the molecule is Cc1c(F)cccc1N1C(=O)CS[C@@H]1c1ccc(NC(=O)c2ccc(C(F)(F)F)cc2)cc1. The maximum absolute atomic E-state index is 14.0. The van der Waals surface area contributed by atoms with Crippen LogP contribution in [-0.4, -0.2) is 17.6 Å². The van der Waals surface area contributed by atoms with Gasteiger partial charge in [-0.3, -0.25) is 14.5 Å². The lowest BCUT2D eigenvalue weighted by molar-refractivity contribution is -0.137. The summed E-state index contributed by atoms with van der Waals surface area (Å²) >= 11 is 1.42. The smallest absolute Gasteiger partial charge is 0.322 e. The molecule has 2 amide bonds. The monoisotopic (exact) mass is 474 g/mol. The van der Waals surface area contributed by atoms with Crippen LogP contribution in [0.15, 0.2) is 66.7 Å². The highest BCUT2D eigenvalue weighted by molar-refractivity contribution is 8.00. The summed E-state index contributed by atoms with van der Waals surface area (Å²) in [6.07, 6.45) is -4.47. The molecular formula is C24H18F4N2O2S. The third kappa shape index (κ3) is 4.73. The Bertz CT molecular complexity index is 1190. The highest BCUT2D eigenvalue weighted by Gasteiger charge is 2.35. The Balaban J connectivity index is 1.50. The standard InChI is InChI=1S/C24H18F4N2O2S/c1-14-19(25)3-2-4-20(14)30-21(31)13-33-23(30)16-7-11-18(12-8-16)29-22(32)15-5-9-17(10-6-15)24(26,27)28/h2-12,23H,13H2,1H3,(H,29,32)/t23-/m1/s1. The van der Waals surface area contributed by atoms with Gasteiger partial charge in [0, 0.05) is 16.8 Å². The third-order valence-electron chi connectivity index (χ3n) is 5.29. The number of amides is 2. The highest BCUT2D eigenvalue weighted by atomic mass is 32.2. The third-order valence-corrected chi connectivity index (χ3v) is 6.51. The van der Waals surface area contributed by atoms with Crippen LogP contribution in [0.2, 0.25) is 0 Å². The number of rotatable bonds is 4. The average Bonchev–Trinajstić information content (AvgIpc) is 3.17. The molecular weight excluding hydrogens is 456 g/mol. The lowest BCUT2D eigenvalue weighted by Gasteiger charge is -2.26. The van der Waals surface area contributed by atoms with E-state index in [1.165, 1.54) is 17.8 Å². The van der Waals surface area contributed by atoms with Crippen LogP contribution < -0.4 is 10.2 Å². The number of carbonyl (C=O) groups is 2. The topological polar surface area (TPSA) is 49.4 Å². The largest absolute Gasteiger partial charge is 0.416 e. The van der Waals surface area contributed by atoms with E-state index >= 15 is 0 Å². The number of halogens is 4. The van der Waals surface area contributed by atoms with Gasteiger partial charge >= 0.3 is 6.18 Å². The molecule has 170 valence electrons. The number of carbonyl (C=O) groups excluding carboxylic acids is 2. The van der Waals surface area contributed by atoms with Crippen molar-refractivity contribution in [2.45, 2.75) is 18.5 Å². The number of benzene rings is 3. The molecule has 0 aliphatic carbocycles. The summed E-state index contributed by atoms with van der Waals surface area (Å²) in [6.45, 7) is 1.62. The van der Waals surface area contributed by atoms with Gasteiger partial charge in [0.15, 0.2) is 0 Å². The summed E-state index contributed by atoms with van der Waals surface area (Å²) in [5, 5.41) is 2.30. The molecule has 1 fully saturated rings. The van der Waals surface area contributed by atoms with Crippen LogP contribution >= 0.6 is 11.8 Å². The van der Waals surface area contributed by atoms with Crippen molar-refractivity contribution in [2.75, 3.05) is 16.0 Å². The number of nitrogens with zero attached hydrogens (tertiary/aromatic N) is 1. The maximum atomic E-state index is 14.0. The zero-order valence-corrected chi connectivity index (χ0v) is 18.1. The van der Waals surface area contributed by atoms with E-state index in [2.05, 4.69) is 5.32 Å². The van der Waals surface area contributed by atoms with Crippen molar-refractivity contribution in [3.63, 3.8) is 0 Å². The van der Waals surface area contributed by atoms with Crippen LogP contribution in [0.3, 0.4) is 0 Å². The first kappa shape index (κ1) is 22.8. The van der Waals surface area contributed by atoms with E-state index in [0.29, 0.717) is 16.9 Å². The van der Waals surface area contributed by atoms with Crippen LogP contribution in [0.5, 0.6) is 0 Å². The van der Waals surface area contributed by atoms with Gasteiger partial charge in [0.05, 0.1) is 17.0 Å². The van der Waals surface area contributed by atoms with Gasteiger partial charge in [-0.05, 0) is 61.0 Å². The molecule has 3 aromatic carbocycles. The Morgan fingerprint density at radius 3 is 2.33 bits per heavy atom. The first-order valence-electron chi connectivity index (χ1n) is 9.92.